The molecule has 0 aromatic carbocycles. The molecule has 0 bridgehead atoms. The van der Waals surface area contributed by atoms with Crippen LogP contribution in [-0.4, -0.2) is 18.8 Å². The fraction of sp³-hybridized carbons (Fsp3) is 0.375. The molecular formula is C16H17NO2S2. The number of carbonyl (C=O) groups excluding carboxylic acids is 1. The zero-order chi connectivity index (χ0) is 14.8. The summed E-state index contributed by atoms with van der Waals surface area (Å²) >= 11 is 3.30. The summed E-state index contributed by atoms with van der Waals surface area (Å²) in [4.78, 5) is 19.2. The van der Waals surface area contributed by atoms with Gasteiger partial charge in [-0.2, -0.15) is 0 Å². The number of hydrogen-bond donors (Lipinski definition) is 0. The molecule has 1 aliphatic carbocycles. The van der Waals surface area contributed by atoms with Crippen LogP contribution in [0.25, 0.3) is 0 Å². The lowest BCUT2D eigenvalue weighted by Crippen LogP contribution is -2.06. The number of thiophene rings is 2. The van der Waals surface area contributed by atoms with E-state index in [2.05, 4.69) is 23.4 Å². The van der Waals surface area contributed by atoms with E-state index < -0.39 is 0 Å². The highest BCUT2D eigenvalue weighted by Crippen LogP contribution is 2.41. The lowest BCUT2D eigenvalue weighted by molar-refractivity contribution is 0.0527. The smallest absolute Gasteiger partial charge is 0.341 e. The lowest BCUT2D eigenvalue weighted by atomic mass is 10.1. The van der Waals surface area contributed by atoms with E-state index in [0.717, 1.165) is 34.7 Å². The largest absolute Gasteiger partial charge is 0.462 e. The van der Waals surface area contributed by atoms with Gasteiger partial charge >= 0.3 is 5.97 Å². The molecule has 2 heterocycles. The van der Waals surface area contributed by atoms with Crippen LogP contribution in [0.3, 0.4) is 0 Å². The van der Waals surface area contributed by atoms with Crippen molar-refractivity contribution in [2.24, 2.45) is 4.99 Å². The molecule has 1 aliphatic rings. The van der Waals surface area contributed by atoms with Gasteiger partial charge in [-0.1, -0.05) is 0 Å². The van der Waals surface area contributed by atoms with E-state index >= 15 is 0 Å². The molecule has 0 saturated carbocycles. The van der Waals surface area contributed by atoms with Gasteiger partial charge in [0.2, 0.25) is 0 Å². The average Bonchev–Trinajstić information content (AvgIpc) is 3.11. The molecule has 5 heteroatoms. The minimum atomic E-state index is -0.230. The number of aryl methyl sites for hydroxylation is 2. The molecule has 21 heavy (non-hydrogen) atoms. The Labute approximate surface area is 132 Å². The monoisotopic (exact) mass is 319 g/mol. The van der Waals surface area contributed by atoms with E-state index in [1.54, 1.807) is 22.7 Å². The Hall–Kier alpha value is -1.46. The summed E-state index contributed by atoms with van der Waals surface area (Å²) in [7, 11) is 0. The number of nitrogens with zero attached hydrogens (tertiary/aromatic N) is 1. The van der Waals surface area contributed by atoms with Gasteiger partial charge in [0.25, 0.3) is 0 Å². The average molecular weight is 319 g/mol. The van der Waals surface area contributed by atoms with Crippen LogP contribution in [-0.2, 0) is 17.6 Å². The summed E-state index contributed by atoms with van der Waals surface area (Å²) in [6, 6.07) is 2.08. The number of rotatable bonds is 4. The third-order valence-corrected chi connectivity index (χ3v) is 5.74. The van der Waals surface area contributed by atoms with Crippen molar-refractivity contribution in [3.8, 4) is 0 Å². The van der Waals surface area contributed by atoms with Crippen LogP contribution < -0.4 is 0 Å². The number of aliphatic imine (C=N–C) groups is 1. The summed E-state index contributed by atoms with van der Waals surface area (Å²) in [5, 5.41) is 2.85. The minimum absolute atomic E-state index is 0.230. The van der Waals surface area contributed by atoms with Crippen molar-refractivity contribution in [2.45, 2.75) is 33.1 Å². The second-order valence-electron chi connectivity index (χ2n) is 4.98. The fourth-order valence-corrected chi connectivity index (χ4v) is 4.54. The molecule has 2 aromatic rings. The standard InChI is InChI=1S/C16H17NO2S2/c1-3-19-16(18)14-11-5-4-6-12(11)21-15(14)17-9-13-10(2)7-8-20-13/h7-9H,3-6H2,1-2H3. The molecule has 0 radical (unpaired) electrons. The first-order valence-electron chi connectivity index (χ1n) is 7.10. The van der Waals surface area contributed by atoms with Gasteiger partial charge in [-0.25, -0.2) is 9.79 Å². The van der Waals surface area contributed by atoms with Crippen molar-refractivity contribution < 1.29 is 9.53 Å². The van der Waals surface area contributed by atoms with Crippen molar-refractivity contribution in [3.05, 3.63) is 37.9 Å². The van der Waals surface area contributed by atoms with Crippen molar-refractivity contribution in [1.29, 1.82) is 0 Å². The first kappa shape index (κ1) is 14.5. The lowest BCUT2D eigenvalue weighted by Gasteiger charge is -2.03. The second kappa shape index (κ2) is 6.12. The number of ether oxygens (including phenoxy) is 1. The van der Waals surface area contributed by atoms with E-state index in [9.17, 15) is 4.79 Å². The molecule has 0 amide bonds. The quantitative estimate of drug-likeness (QED) is 0.613. The molecule has 0 saturated heterocycles. The summed E-state index contributed by atoms with van der Waals surface area (Å²) < 4.78 is 5.21. The third kappa shape index (κ3) is 2.80. The topological polar surface area (TPSA) is 38.7 Å². The zero-order valence-corrected chi connectivity index (χ0v) is 13.8. The van der Waals surface area contributed by atoms with Crippen LogP contribution in [0.15, 0.2) is 16.4 Å². The normalized spacial score (nSPS) is 13.8. The first-order chi connectivity index (χ1) is 10.2. The van der Waals surface area contributed by atoms with E-state index in [1.165, 1.54) is 10.4 Å². The Morgan fingerprint density at radius 2 is 2.33 bits per heavy atom. The number of fused-ring (bicyclic) bond motifs is 1. The van der Waals surface area contributed by atoms with Crippen LogP contribution in [0.2, 0.25) is 0 Å². The van der Waals surface area contributed by atoms with E-state index in [1.807, 2.05) is 13.1 Å². The molecule has 2 aromatic heterocycles. The molecule has 110 valence electrons. The molecule has 0 N–H and O–H groups in total. The zero-order valence-electron chi connectivity index (χ0n) is 12.1. The van der Waals surface area contributed by atoms with E-state index in [4.69, 9.17) is 4.74 Å². The molecule has 0 spiro atoms. The molecule has 3 nitrogen and oxygen atoms in total. The first-order valence-corrected chi connectivity index (χ1v) is 8.80. The second-order valence-corrected chi connectivity index (χ2v) is 7.02. The van der Waals surface area contributed by atoms with Crippen LogP contribution in [0.4, 0.5) is 5.00 Å². The van der Waals surface area contributed by atoms with Crippen molar-refractivity contribution in [2.75, 3.05) is 6.61 Å². The van der Waals surface area contributed by atoms with Gasteiger partial charge in [0.1, 0.15) is 5.00 Å². The highest BCUT2D eigenvalue weighted by atomic mass is 32.1. The summed E-state index contributed by atoms with van der Waals surface area (Å²) in [5.41, 5.74) is 3.07. The highest BCUT2D eigenvalue weighted by molar-refractivity contribution is 7.16. The Kier molecular flexibility index (Phi) is 4.22. The SMILES string of the molecule is CCOC(=O)c1c(N=Cc2sccc2C)sc2c1CCC2. The third-order valence-electron chi connectivity index (χ3n) is 3.58. The summed E-state index contributed by atoms with van der Waals surface area (Å²) in [5.74, 6) is -0.230. The predicted octanol–water partition coefficient (Wildman–Crippen LogP) is 4.53. The maximum Gasteiger partial charge on any atom is 0.341 e. The summed E-state index contributed by atoms with van der Waals surface area (Å²) in [6.45, 7) is 4.30. The molecule has 0 atom stereocenters. The van der Waals surface area contributed by atoms with Crippen LogP contribution in [0, 0.1) is 6.92 Å². The van der Waals surface area contributed by atoms with E-state index in [-0.39, 0.29) is 5.97 Å². The van der Waals surface area contributed by atoms with Crippen molar-refractivity contribution in [1.82, 2.24) is 0 Å². The van der Waals surface area contributed by atoms with Gasteiger partial charge in [-0.05, 0) is 55.7 Å². The molecule has 0 fully saturated rings. The van der Waals surface area contributed by atoms with E-state index in [0.29, 0.717) is 12.2 Å². The van der Waals surface area contributed by atoms with Crippen LogP contribution in [0.1, 0.15) is 44.6 Å². The Bertz CT molecular complexity index is 697. The number of carbonyl (C=O) groups is 1. The maximum atomic E-state index is 12.2. The van der Waals surface area contributed by atoms with Gasteiger partial charge in [0, 0.05) is 16.0 Å². The fourth-order valence-electron chi connectivity index (χ4n) is 2.53. The molecule has 3 rings (SSSR count). The Morgan fingerprint density at radius 1 is 1.48 bits per heavy atom. The number of hydrogen-bond acceptors (Lipinski definition) is 5. The van der Waals surface area contributed by atoms with Crippen molar-refractivity contribution in [3.63, 3.8) is 0 Å². The Balaban J connectivity index is 1.97. The van der Waals surface area contributed by atoms with Crippen molar-refractivity contribution >= 4 is 39.9 Å². The van der Waals surface area contributed by atoms with Gasteiger partial charge in [-0.15, -0.1) is 22.7 Å². The molecular weight excluding hydrogens is 302 g/mol. The van der Waals surface area contributed by atoms with Gasteiger partial charge in [-0.3, -0.25) is 0 Å². The van der Waals surface area contributed by atoms with Gasteiger partial charge in [0.15, 0.2) is 0 Å². The predicted molar refractivity (Wildman–Crippen MR) is 88.6 cm³/mol. The molecule has 0 aliphatic heterocycles. The highest BCUT2D eigenvalue weighted by Gasteiger charge is 2.27. The molecule has 0 unspecified atom stereocenters. The van der Waals surface area contributed by atoms with Gasteiger partial charge in [0.05, 0.1) is 12.2 Å². The Morgan fingerprint density at radius 3 is 3.05 bits per heavy atom. The maximum absolute atomic E-state index is 12.2. The minimum Gasteiger partial charge on any atom is -0.462 e. The van der Waals surface area contributed by atoms with Crippen LogP contribution >= 0.6 is 22.7 Å². The van der Waals surface area contributed by atoms with Crippen LogP contribution in [0.5, 0.6) is 0 Å². The summed E-state index contributed by atoms with van der Waals surface area (Å²) in [6.07, 6.45) is 5.01. The van der Waals surface area contributed by atoms with Gasteiger partial charge < -0.3 is 4.74 Å². The number of esters is 1.